The number of rotatable bonds is 1. The van der Waals surface area contributed by atoms with Crippen molar-refractivity contribution in [3.8, 4) is 6.07 Å². The first-order valence-corrected chi connectivity index (χ1v) is 3.35. The van der Waals surface area contributed by atoms with Gasteiger partial charge < -0.3 is 0 Å². The second kappa shape index (κ2) is 3.20. The van der Waals surface area contributed by atoms with Gasteiger partial charge in [-0.15, -0.1) is 0 Å². The van der Waals surface area contributed by atoms with Gasteiger partial charge in [0.25, 0.3) is 0 Å². The Kier molecular flexibility index (Phi) is 2.27. The molecule has 0 bridgehead atoms. The maximum atomic E-state index is 12.6. The number of halogens is 1. The van der Waals surface area contributed by atoms with Crippen LogP contribution in [0.3, 0.4) is 0 Å². The van der Waals surface area contributed by atoms with Crippen LogP contribution >= 0.6 is 0 Å². The van der Waals surface area contributed by atoms with Crippen LogP contribution in [0.2, 0.25) is 0 Å². The zero-order valence-electron chi connectivity index (χ0n) is 6.26. The Labute approximate surface area is 65.9 Å². The number of hydrogen-bond acceptors (Lipinski definition) is 1. The minimum atomic E-state index is -0.268. The van der Waals surface area contributed by atoms with Crippen LogP contribution in [-0.4, -0.2) is 7.85 Å². The molecule has 0 saturated carbocycles. The SMILES string of the molecule is Bc1cc(F)cc(CC#N)c1. The van der Waals surface area contributed by atoms with Gasteiger partial charge in [-0.25, -0.2) is 4.39 Å². The third kappa shape index (κ3) is 2.08. The van der Waals surface area contributed by atoms with Crippen LogP contribution in [-0.2, 0) is 6.42 Å². The quantitative estimate of drug-likeness (QED) is 0.518. The van der Waals surface area contributed by atoms with E-state index in [0.717, 1.165) is 11.0 Å². The molecule has 0 fully saturated rings. The highest BCUT2D eigenvalue weighted by Gasteiger charge is 1.95. The van der Waals surface area contributed by atoms with Gasteiger partial charge in [-0.3, -0.25) is 0 Å². The Morgan fingerprint density at radius 2 is 2.18 bits per heavy atom. The molecule has 54 valence electrons. The average Bonchev–Trinajstić information content (AvgIpc) is 1.85. The first-order chi connectivity index (χ1) is 5.22. The van der Waals surface area contributed by atoms with E-state index in [4.69, 9.17) is 5.26 Å². The van der Waals surface area contributed by atoms with Gasteiger partial charge in [0.15, 0.2) is 0 Å². The third-order valence-electron chi connectivity index (χ3n) is 1.39. The van der Waals surface area contributed by atoms with Gasteiger partial charge in [-0.1, -0.05) is 11.5 Å². The van der Waals surface area contributed by atoms with Gasteiger partial charge in [-0.05, 0) is 17.7 Å². The van der Waals surface area contributed by atoms with E-state index >= 15 is 0 Å². The Hall–Kier alpha value is -1.30. The molecule has 1 aromatic rings. The molecular weight excluding hydrogens is 140 g/mol. The van der Waals surface area contributed by atoms with E-state index in [1.807, 2.05) is 20.0 Å². The van der Waals surface area contributed by atoms with Crippen molar-refractivity contribution in [3.63, 3.8) is 0 Å². The van der Waals surface area contributed by atoms with Crippen LogP contribution in [0.25, 0.3) is 0 Å². The standard InChI is InChI=1S/C8H7BFN/c9-7-3-6(1-2-11)4-8(10)5-7/h3-5H,1,9H2. The monoisotopic (exact) mass is 147 g/mol. The predicted molar refractivity (Wildman–Crippen MR) is 43.9 cm³/mol. The minimum Gasteiger partial charge on any atom is -0.207 e. The molecule has 11 heavy (non-hydrogen) atoms. The molecule has 0 aromatic heterocycles. The summed E-state index contributed by atoms with van der Waals surface area (Å²) in [5, 5.41) is 8.33. The fourth-order valence-corrected chi connectivity index (χ4v) is 1.01. The van der Waals surface area contributed by atoms with Gasteiger partial charge >= 0.3 is 0 Å². The van der Waals surface area contributed by atoms with Crippen molar-refractivity contribution in [2.75, 3.05) is 0 Å². The van der Waals surface area contributed by atoms with Crippen LogP contribution < -0.4 is 5.46 Å². The lowest BCUT2D eigenvalue weighted by molar-refractivity contribution is 0.627. The highest BCUT2D eigenvalue weighted by atomic mass is 19.1. The fourth-order valence-electron chi connectivity index (χ4n) is 1.01. The van der Waals surface area contributed by atoms with Crippen LogP contribution in [0, 0.1) is 17.1 Å². The molecule has 0 aliphatic heterocycles. The number of nitrogens with zero attached hydrogens (tertiary/aromatic N) is 1. The van der Waals surface area contributed by atoms with Crippen molar-refractivity contribution in [3.05, 3.63) is 29.6 Å². The van der Waals surface area contributed by atoms with E-state index < -0.39 is 0 Å². The van der Waals surface area contributed by atoms with Gasteiger partial charge in [0.05, 0.1) is 12.5 Å². The number of benzene rings is 1. The predicted octanol–water partition coefficient (Wildman–Crippen LogP) is 0.150. The molecule has 0 amide bonds. The molecule has 1 aromatic carbocycles. The molecule has 0 radical (unpaired) electrons. The first-order valence-electron chi connectivity index (χ1n) is 3.35. The zero-order chi connectivity index (χ0) is 8.27. The summed E-state index contributed by atoms with van der Waals surface area (Å²) in [5.74, 6) is -0.268. The van der Waals surface area contributed by atoms with Crippen molar-refractivity contribution in [1.29, 1.82) is 5.26 Å². The Bertz CT molecular complexity index is 283. The Morgan fingerprint density at radius 1 is 1.45 bits per heavy atom. The summed E-state index contributed by atoms with van der Waals surface area (Å²) in [7, 11) is 1.81. The second-order valence-electron chi connectivity index (χ2n) is 2.47. The number of hydrogen-bond donors (Lipinski definition) is 0. The largest absolute Gasteiger partial charge is 0.207 e. The lowest BCUT2D eigenvalue weighted by Crippen LogP contribution is -2.04. The molecule has 0 saturated heterocycles. The van der Waals surface area contributed by atoms with Crippen molar-refractivity contribution in [2.24, 2.45) is 0 Å². The van der Waals surface area contributed by atoms with Crippen molar-refractivity contribution in [2.45, 2.75) is 6.42 Å². The van der Waals surface area contributed by atoms with Crippen molar-refractivity contribution >= 4 is 13.3 Å². The summed E-state index contributed by atoms with van der Waals surface area (Å²) in [4.78, 5) is 0. The highest BCUT2D eigenvalue weighted by molar-refractivity contribution is 6.32. The molecule has 1 nitrogen and oxygen atoms in total. The lowest BCUT2D eigenvalue weighted by Gasteiger charge is -1.97. The van der Waals surface area contributed by atoms with Gasteiger partial charge in [-0.2, -0.15) is 5.26 Å². The molecule has 0 N–H and O–H groups in total. The maximum Gasteiger partial charge on any atom is 0.139 e. The zero-order valence-corrected chi connectivity index (χ0v) is 6.26. The fraction of sp³-hybridized carbons (Fsp3) is 0.125. The van der Waals surface area contributed by atoms with Crippen LogP contribution in [0.15, 0.2) is 18.2 Å². The highest BCUT2D eigenvalue weighted by Crippen LogP contribution is 2.00. The number of nitriles is 1. The summed E-state index contributed by atoms with van der Waals surface area (Å²) in [6, 6.07) is 6.61. The second-order valence-corrected chi connectivity index (χ2v) is 2.47. The minimum absolute atomic E-state index is 0.268. The van der Waals surface area contributed by atoms with Crippen molar-refractivity contribution in [1.82, 2.24) is 0 Å². The first kappa shape index (κ1) is 7.81. The van der Waals surface area contributed by atoms with E-state index in [1.165, 1.54) is 12.1 Å². The van der Waals surface area contributed by atoms with E-state index in [1.54, 1.807) is 0 Å². The van der Waals surface area contributed by atoms with Crippen molar-refractivity contribution < 1.29 is 4.39 Å². The molecule has 3 heteroatoms. The van der Waals surface area contributed by atoms with E-state index in [-0.39, 0.29) is 12.2 Å². The molecule has 0 aliphatic carbocycles. The topological polar surface area (TPSA) is 23.8 Å². The molecular formula is C8H7BFN. The molecule has 0 heterocycles. The van der Waals surface area contributed by atoms with E-state index in [2.05, 4.69) is 0 Å². The third-order valence-corrected chi connectivity index (χ3v) is 1.39. The smallest absolute Gasteiger partial charge is 0.139 e. The molecule has 0 unspecified atom stereocenters. The van der Waals surface area contributed by atoms with Crippen LogP contribution in [0.4, 0.5) is 4.39 Å². The normalized spacial score (nSPS) is 9.09. The Balaban J connectivity index is 3.01. The molecule has 0 atom stereocenters. The van der Waals surface area contributed by atoms with Gasteiger partial charge in [0, 0.05) is 0 Å². The lowest BCUT2D eigenvalue weighted by atomic mass is 9.93. The average molecular weight is 147 g/mol. The summed E-state index contributed by atoms with van der Waals surface area (Å²) >= 11 is 0. The van der Waals surface area contributed by atoms with Crippen LogP contribution in [0.1, 0.15) is 5.56 Å². The Morgan fingerprint density at radius 3 is 2.73 bits per heavy atom. The van der Waals surface area contributed by atoms with Gasteiger partial charge in [0.1, 0.15) is 13.7 Å². The molecule has 1 rings (SSSR count). The van der Waals surface area contributed by atoms with E-state index in [9.17, 15) is 4.39 Å². The van der Waals surface area contributed by atoms with Gasteiger partial charge in [0.2, 0.25) is 0 Å². The molecule has 0 spiro atoms. The summed E-state index contributed by atoms with van der Waals surface area (Å²) < 4.78 is 12.6. The summed E-state index contributed by atoms with van der Waals surface area (Å²) in [6.45, 7) is 0. The summed E-state index contributed by atoms with van der Waals surface area (Å²) in [6.07, 6.45) is 0.276. The van der Waals surface area contributed by atoms with E-state index in [0.29, 0.717) is 0 Å². The summed E-state index contributed by atoms with van der Waals surface area (Å²) in [5.41, 5.74) is 1.60. The molecule has 0 aliphatic rings. The van der Waals surface area contributed by atoms with Crippen LogP contribution in [0.5, 0.6) is 0 Å². The maximum absolute atomic E-state index is 12.6.